The van der Waals surface area contributed by atoms with E-state index >= 15 is 0 Å². The van der Waals surface area contributed by atoms with Gasteiger partial charge in [0.2, 0.25) is 0 Å². The molecule has 0 atom stereocenters. The lowest BCUT2D eigenvalue weighted by Gasteiger charge is -2.07. The highest BCUT2D eigenvalue weighted by Crippen LogP contribution is 2.22. The molecule has 0 saturated carbocycles. The first-order chi connectivity index (χ1) is 10.1. The zero-order valence-corrected chi connectivity index (χ0v) is 11.8. The number of unbranched alkanes of at least 4 members (excludes halogenated alkanes) is 1. The third kappa shape index (κ3) is 3.68. The molecule has 0 saturated heterocycles. The van der Waals surface area contributed by atoms with Crippen LogP contribution < -0.4 is 16.0 Å². The number of hydrogen-bond donors (Lipinski definition) is 3. The molecule has 110 valence electrons. The van der Waals surface area contributed by atoms with E-state index in [4.69, 9.17) is 15.9 Å². The van der Waals surface area contributed by atoms with Crippen molar-refractivity contribution in [3.05, 3.63) is 46.2 Å². The van der Waals surface area contributed by atoms with Crippen LogP contribution in [0.5, 0.6) is 5.75 Å². The van der Waals surface area contributed by atoms with Gasteiger partial charge in [-0.3, -0.25) is 10.2 Å². The highest BCUT2D eigenvalue weighted by molar-refractivity contribution is 5.95. The number of nitrogens with zero attached hydrogens (tertiary/aromatic N) is 1. The molecule has 0 unspecified atom stereocenters. The topological polar surface area (TPSA) is 105 Å². The lowest BCUT2D eigenvalue weighted by molar-refractivity contribution is 0.309. The number of benzene rings is 1. The summed E-state index contributed by atoms with van der Waals surface area (Å²) in [5.41, 5.74) is 6.36. The fourth-order valence-corrected chi connectivity index (χ4v) is 1.83. The lowest BCUT2D eigenvalue weighted by Crippen LogP contribution is -2.24. The monoisotopic (exact) mass is 286 g/mol. The van der Waals surface area contributed by atoms with Crippen LogP contribution in [0.2, 0.25) is 0 Å². The average Bonchev–Trinajstić information content (AvgIpc) is 2.48. The molecule has 2 aromatic rings. The molecule has 1 aromatic carbocycles. The Morgan fingerprint density at radius 1 is 1.43 bits per heavy atom. The molecule has 0 amide bonds. The third-order valence-electron chi connectivity index (χ3n) is 2.99. The molecule has 0 spiro atoms. The van der Waals surface area contributed by atoms with E-state index in [1.165, 1.54) is 6.07 Å². The minimum absolute atomic E-state index is 0.109. The number of hydrogen-bond acceptors (Lipinski definition) is 4. The molecular weight excluding hydrogens is 268 g/mol. The zero-order chi connectivity index (χ0) is 15.2. The SMILES string of the molecule is CCCCOc1cccc(-c2cc(C(=N)N)c(=O)[nH]n2)c1. The standard InChI is InChI=1S/C15H18N4O2/c1-2-3-7-21-11-6-4-5-10(8-11)13-9-12(14(16)17)15(20)19-18-13/h4-6,8-9H,2-3,7H2,1H3,(H3,16,17)(H,19,20). The van der Waals surface area contributed by atoms with Crippen molar-refractivity contribution >= 4 is 5.84 Å². The number of rotatable bonds is 6. The minimum atomic E-state index is -0.471. The molecule has 1 aromatic heterocycles. The van der Waals surface area contributed by atoms with Crippen LogP contribution in [0.25, 0.3) is 11.3 Å². The molecular formula is C15H18N4O2. The van der Waals surface area contributed by atoms with Gasteiger partial charge in [-0.05, 0) is 24.6 Å². The fourth-order valence-electron chi connectivity index (χ4n) is 1.83. The van der Waals surface area contributed by atoms with Gasteiger partial charge < -0.3 is 10.5 Å². The zero-order valence-electron chi connectivity index (χ0n) is 11.8. The average molecular weight is 286 g/mol. The molecule has 6 heteroatoms. The summed E-state index contributed by atoms with van der Waals surface area (Å²) in [6.07, 6.45) is 2.07. The first kappa shape index (κ1) is 14.8. The van der Waals surface area contributed by atoms with Crippen molar-refractivity contribution in [3.63, 3.8) is 0 Å². The second-order valence-corrected chi connectivity index (χ2v) is 4.64. The van der Waals surface area contributed by atoms with E-state index in [-0.39, 0.29) is 11.4 Å². The number of nitrogens with one attached hydrogen (secondary N) is 2. The molecule has 0 aliphatic carbocycles. The molecule has 21 heavy (non-hydrogen) atoms. The molecule has 0 aliphatic rings. The summed E-state index contributed by atoms with van der Waals surface area (Å²) < 4.78 is 5.64. The van der Waals surface area contributed by atoms with E-state index < -0.39 is 5.56 Å². The molecule has 2 rings (SSSR count). The van der Waals surface area contributed by atoms with E-state index in [1.54, 1.807) is 0 Å². The van der Waals surface area contributed by atoms with Crippen LogP contribution in [0.4, 0.5) is 0 Å². The Labute approximate surface area is 122 Å². The molecule has 0 bridgehead atoms. The molecule has 0 aliphatic heterocycles. The number of aromatic amines is 1. The number of amidine groups is 1. The largest absolute Gasteiger partial charge is 0.494 e. The molecule has 0 fully saturated rings. The summed E-state index contributed by atoms with van der Waals surface area (Å²) in [6.45, 7) is 2.77. The number of nitrogens with two attached hydrogens (primary N) is 1. The maximum Gasteiger partial charge on any atom is 0.275 e. The van der Waals surface area contributed by atoms with E-state index in [1.807, 2.05) is 24.3 Å². The van der Waals surface area contributed by atoms with Crippen LogP contribution in [0.1, 0.15) is 25.3 Å². The highest BCUT2D eigenvalue weighted by Gasteiger charge is 2.08. The van der Waals surface area contributed by atoms with E-state index in [0.29, 0.717) is 12.3 Å². The van der Waals surface area contributed by atoms with Gasteiger partial charge in [-0.25, -0.2) is 5.10 Å². The summed E-state index contributed by atoms with van der Waals surface area (Å²) >= 11 is 0. The van der Waals surface area contributed by atoms with Gasteiger partial charge in [-0.1, -0.05) is 25.5 Å². The second kappa shape index (κ2) is 6.69. The second-order valence-electron chi connectivity index (χ2n) is 4.64. The Morgan fingerprint density at radius 2 is 2.24 bits per heavy atom. The predicted octanol–water partition coefficient (Wildman–Crippen LogP) is 1.90. The summed E-state index contributed by atoms with van der Waals surface area (Å²) in [5.74, 6) is 0.466. The highest BCUT2D eigenvalue weighted by atomic mass is 16.5. The van der Waals surface area contributed by atoms with Gasteiger partial charge in [0.05, 0.1) is 17.9 Å². The van der Waals surface area contributed by atoms with E-state index in [9.17, 15) is 4.79 Å². The molecule has 6 nitrogen and oxygen atoms in total. The van der Waals surface area contributed by atoms with E-state index in [0.717, 1.165) is 24.2 Å². The lowest BCUT2D eigenvalue weighted by atomic mass is 10.1. The van der Waals surface area contributed by atoms with Gasteiger partial charge in [0.15, 0.2) is 0 Å². The predicted molar refractivity (Wildman–Crippen MR) is 81.7 cm³/mol. The normalized spacial score (nSPS) is 10.3. The number of ether oxygens (including phenoxy) is 1. The molecule has 1 heterocycles. The number of nitrogen functional groups attached to an aromatic ring is 1. The van der Waals surface area contributed by atoms with Crippen molar-refractivity contribution in [2.45, 2.75) is 19.8 Å². The van der Waals surface area contributed by atoms with Gasteiger partial charge in [0, 0.05) is 5.56 Å². The van der Waals surface area contributed by atoms with Crippen molar-refractivity contribution in [2.75, 3.05) is 6.61 Å². The summed E-state index contributed by atoms with van der Waals surface area (Å²) in [5, 5.41) is 13.7. The maximum absolute atomic E-state index is 11.5. The summed E-state index contributed by atoms with van der Waals surface area (Å²) in [4.78, 5) is 11.5. The smallest absolute Gasteiger partial charge is 0.275 e. The van der Waals surface area contributed by atoms with Crippen LogP contribution in [0.15, 0.2) is 35.1 Å². The van der Waals surface area contributed by atoms with Crippen molar-refractivity contribution in [3.8, 4) is 17.0 Å². The third-order valence-corrected chi connectivity index (χ3v) is 2.99. The quantitative estimate of drug-likeness (QED) is 0.428. The molecule has 0 radical (unpaired) electrons. The number of H-pyrrole nitrogens is 1. The Kier molecular flexibility index (Phi) is 4.71. The first-order valence-electron chi connectivity index (χ1n) is 6.79. The fraction of sp³-hybridized carbons (Fsp3) is 0.267. The van der Waals surface area contributed by atoms with Crippen LogP contribution >= 0.6 is 0 Å². The van der Waals surface area contributed by atoms with Crippen molar-refractivity contribution < 1.29 is 4.74 Å². The number of aromatic nitrogens is 2. The van der Waals surface area contributed by atoms with E-state index in [2.05, 4.69) is 17.1 Å². The molecule has 4 N–H and O–H groups in total. The minimum Gasteiger partial charge on any atom is -0.494 e. The first-order valence-corrected chi connectivity index (χ1v) is 6.79. The van der Waals surface area contributed by atoms with Gasteiger partial charge in [-0.2, -0.15) is 5.10 Å². The van der Waals surface area contributed by atoms with Crippen molar-refractivity contribution in [2.24, 2.45) is 5.73 Å². The van der Waals surface area contributed by atoms with Gasteiger partial charge in [0.25, 0.3) is 5.56 Å². The summed E-state index contributed by atoms with van der Waals surface area (Å²) in [7, 11) is 0. The van der Waals surface area contributed by atoms with Crippen LogP contribution in [0, 0.1) is 5.41 Å². The Hall–Kier alpha value is -2.63. The Bertz CT molecular complexity index is 694. The van der Waals surface area contributed by atoms with Crippen LogP contribution in [-0.4, -0.2) is 22.6 Å². The van der Waals surface area contributed by atoms with Crippen LogP contribution in [-0.2, 0) is 0 Å². The Balaban J connectivity index is 2.29. The van der Waals surface area contributed by atoms with Gasteiger partial charge in [-0.15, -0.1) is 0 Å². The van der Waals surface area contributed by atoms with Gasteiger partial charge >= 0.3 is 0 Å². The van der Waals surface area contributed by atoms with Crippen molar-refractivity contribution in [1.29, 1.82) is 5.41 Å². The Morgan fingerprint density at radius 3 is 2.95 bits per heavy atom. The summed E-state index contributed by atoms with van der Waals surface area (Å²) in [6, 6.07) is 8.94. The maximum atomic E-state index is 11.5. The van der Waals surface area contributed by atoms with Gasteiger partial charge in [0.1, 0.15) is 11.6 Å². The van der Waals surface area contributed by atoms with Crippen LogP contribution in [0.3, 0.4) is 0 Å². The van der Waals surface area contributed by atoms with Crippen molar-refractivity contribution in [1.82, 2.24) is 10.2 Å².